The average Bonchev–Trinajstić information content (AvgIpc) is 2.97. The molecule has 41 heavy (non-hydrogen) atoms. The molecule has 0 spiro atoms. The highest BCUT2D eigenvalue weighted by Crippen LogP contribution is 2.20. The Hall–Kier alpha value is -2.93. The summed E-state index contributed by atoms with van der Waals surface area (Å²) in [6, 6.07) is 28.5. The molecular weight excluding hydrogens is 553 g/mol. The third kappa shape index (κ3) is 10.4. The van der Waals surface area contributed by atoms with E-state index < -0.39 is 0 Å². The van der Waals surface area contributed by atoms with Crippen LogP contribution in [0.4, 0.5) is 11.4 Å². The van der Waals surface area contributed by atoms with Gasteiger partial charge < -0.3 is 24.7 Å². The normalized spacial score (nSPS) is 10.8. The Morgan fingerprint density at radius 1 is 0.659 bits per heavy atom. The maximum Gasteiger partial charge on any atom is 0.309 e. The molecule has 0 aromatic heterocycles. The van der Waals surface area contributed by atoms with Crippen LogP contribution in [0, 0.1) is 13.8 Å². The molecule has 4 aromatic carbocycles. The first-order valence-electron chi connectivity index (χ1n) is 13.9. The zero-order valence-corrected chi connectivity index (χ0v) is 25.2. The number of hydrogen-bond acceptors (Lipinski definition) is 5. The summed E-state index contributed by atoms with van der Waals surface area (Å²) in [7, 11) is 1.10. The van der Waals surface area contributed by atoms with E-state index in [0.29, 0.717) is 41.4 Å². The van der Waals surface area contributed by atoms with Crippen molar-refractivity contribution < 1.29 is 14.0 Å². The van der Waals surface area contributed by atoms with Crippen LogP contribution in [0.25, 0.3) is 0 Å². The molecule has 4 rings (SSSR count). The van der Waals surface area contributed by atoms with E-state index in [9.17, 15) is 0 Å². The van der Waals surface area contributed by atoms with Gasteiger partial charge in [0, 0.05) is 47.7 Å². The lowest BCUT2D eigenvalue weighted by atomic mass is 9.84. The van der Waals surface area contributed by atoms with Crippen molar-refractivity contribution in [1.29, 1.82) is 0 Å². The minimum atomic E-state index is 0.526. The van der Waals surface area contributed by atoms with E-state index >= 15 is 0 Å². The Bertz CT molecular complexity index is 1410. The van der Waals surface area contributed by atoms with Crippen molar-refractivity contribution in [1.82, 2.24) is 0 Å². The number of nitrogens with one attached hydrogen (secondary N) is 2. The van der Waals surface area contributed by atoms with Gasteiger partial charge in [-0.1, -0.05) is 77.2 Å². The Balaban J connectivity index is 1.14. The summed E-state index contributed by atoms with van der Waals surface area (Å²) in [4.78, 5) is 0. The highest BCUT2D eigenvalue weighted by atomic mass is 35.5. The lowest BCUT2D eigenvalue weighted by molar-refractivity contribution is 0.107. The SMILES string of the molecule is Cc1cc(NCCOBc2cccc(COCc3ccccc3BOCCNc3ccc(Cl)c(C)c3)c2)ccc1Cl. The molecule has 0 fully saturated rings. The molecule has 2 N–H and O–H groups in total. The molecule has 9 heteroatoms. The summed E-state index contributed by atoms with van der Waals surface area (Å²) in [5, 5.41) is 8.29. The van der Waals surface area contributed by atoms with Crippen LogP contribution in [0.15, 0.2) is 84.9 Å². The Morgan fingerprint density at radius 3 is 1.95 bits per heavy atom. The third-order valence-corrected chi connectivity index (χ3v) is 7.48. The Kier molecular flexibility index (Phi) is 12.5. The molecule has 0 aliphatic heterocycles. The maximum absolute atomic E-state index is 6.10. The molecule has 0 saturated heterocycles. The first kappa shape index (κ1) is 31.0. The van der Waals surface area contributed by atoms with Gasteiger partial charge >= 0.3 is 15.0 Å². The monoisotopic (exact) mass is 588 g/mol. The van der Waals surface area contributed by atoms with Gasteiger partial charge in [0.2, 0.25) is 0 Å². The van der Waals surface area contributed by atoms with Gasteiger partial charge in [0.1, 0.15) is 0 Å². The number of anilines is 2. The minimum absolute atomic E-state index is 0.526. The number of aryl methyl sites for hydroxylation is 2. The summed E-state index contributed by atoms with van der Waals surface area (Å²) in [6.45, 7) is 7.71. The number of halogens is 2. The van der Waals surface area contributed by atoms with E-state index in [2.05, 4.69) is 41.0 Å². The molecule has 0 amide bonds. The fraction of sp³-hybridized carbons (Fsp3) is 0.250. The predicted molar refractivity (Wildman–Crippen MR) is 176 cm³/mol. The van der Waals surface area contributed by atoms with E-state index in [-0.39, 0.29) is 0 Å². The molecule has 0 heterocycles. The van der Waals surface area contributed by atoms with Crippen LogP contribution in [0.2, 0.25) is 10.0 Å². The molecule has 0 bridgehead atoms. The second kappa shape index (κ2) is 16.5. The van der Waals surface area contributed by atoms with Crippen LogP contribution >= 0.6 is 23.2 Å². The van der Waals surface area contributed by atoms with Crippen LogP contribution in [0.1, 0.15) is 22.3 Å². The maximum atomic E-state index is 6.10. The summed E-state index contributed by atoms with van der Waals surface area (Å²) in [5.41, 5.74) is 8.73. The van der Waals surface area contributed by atoms with Crippen LogP contribution < -0.4 is 21.6 Å². The molecule has 0 saturated carbocycles. The fourth-order valence-corrected chi connectivity index (χ4v) is 4.58. The lowest BCUT2D eigenvalue weighted by Crippen LogP contribution is -2.24. The number of hydrogen-bond donors (Lipinski definition) is 2. The molecule has 4 aromatic rings. The molecule has 212 valence electrons. The van der Waals surface area contributed by atoms with Crippen molar-refractivity contribution in [2.75, 3.05) is 36.9 Å². The van der Waals surface area contributed by atoms with Gasteiger partial charge in [0.05, 0.1) is 13.2 Å². The zero-order chi connectivity index (χ0) is 28.9. The standard InChI is InChI=1S/C32H36B2Cl2N2O3/c1-23-18-28(10-12-31(23)35)37-14-16-40-33-27-8-5-6-25(20-27)21-39-22-26-7-3-4-9-30(26)34-41-17-15-38-29-11-13-32(36)24(2)19-29/h3-13,18-20,33-34,37-38H,14-17,21-22H2,1-2H3. The van der Waals surface area contributed by atoms with E-state index in [1.54, 1.807) is 0 Å². The molecule has 5 nitrogen and oxygen atoms in total. The highest BCUT2D eigenvalue weighted by molar-refractivity contribution is 6.47. The van der Waals surface area contributed by atoms with Crippen LogP contribution in [-0.2, 0) is 27.3 Å². The highest BCUT2D eigenvalue weighted by Gasteiger charge is 2.06. The number of benzene rings is 4. The van der Waals surface area contributed by atoms with Gasteiger partial charge in [0.15, 0.2) is 0 Å². The quantitative estimate of drug-likeness (QED) is 0.133. The van der Waals surface area contributed by atoms with E-state index in [1.165, 1.54) is 0 Å². The molecule has 0 radical (unpaired) electrons. The average molecular weight is 589 g/mol. The van der Waals surface area contributed by atoms with E-state index in [1.807, 2.05) is 68.4 Å². The second-order valence-corrected chi connectivity index (χ2v) is 10.8. The van der Waals surface area contributed by atoms with Gasteiger partial charge in [0.25, 0.3) is 0 Å². The van der Waals surface area contributed by atoms with E-state index in [4.69, 9.17) is 37.2 Å². The third-order valence-electron chi connectivity index (χ3n) is 6.63. The zero-order valence-electron chi connectivity index (χ0n) is 23.7. The summed E-state index contributed by atoms with van der Waals surface area (Å²) < 4.78 is 17.9. The first-order valence-corrected chi connectivity index (χ1v) is 14.6. The van der Waals surface area contributed by atoms with Crippen LogP contribution in [0.3, 0.4) is 0 Å². The summed E-state index contributed by atoms with van der Waals surface area (Å²) in [5.74, 6) is 0. The first-order chi connectivity index (χ1) is 20.0. The van der Waals surface area contributed by atoms with Gasteiger partial charge in [-0.3, -0.25) is 0 Å². The van der Waals surface area contributed by atoms with Crippen molar-refractivity contribution >= 4 is 60.5 Å². The largest absolute Gasteiger partial charge is 0.433 e. The van der Waals surface area contributed by atoms with Gasteiger partial charge in [-0.25, -0.2) is 0 Å². The second-order valence-electron chi connectivity index (χ2n) is 9.97. The molecule has 0 aliphatic carbocycles. The fourth-order valence-electron chi connectivity index (χ4n) is 4.34. The van der Waals surface area contributed by atoms with Crippen molar-refractivity contribution in [3.63, 3.8) is 0 Å². The topological polar surface area (TPSA) is 51.8 Å². The minimum Gasteiger partial charge on any atom is -0.433 e. The molecule has 0 unspecified atom stereocenters. The van der Waals surface area contributed by atoms with Crippen molar-refractivity contribution in [2.45, 2.75) is 27.1 Å². The van der Waals surface area contributed by atoms with Crippen LogP contribution in [-0.4, -0.2) is 41.3 Å². The van der Waals surface area contributed by atoms with Crippen LogP contribution in [0.5, 0.6) is 0 Å². The Labute approximate surface area is 255 Å². The van der Waals surface area contributed by atoms with Crippen molar-refractivity contribution in [3.8, 4) is 0 Å². The van der Waals surface area contributed by atoms with E-state index in [0.717, 1.165) is 67.7 Å². The smallest absolute Gasteiger partial charge is 0.309 e. The van der Waals surface area contributed by atoms with Gasteiger partial charge in [-0.2, -0.15) is 0 Å². The predicted octanol–water partition coefficient (Wildman–Crippen LogP) is 5.54. The van der Waals surface area contributed by atoms with Crippen molar-refractivity contribution in [2.24, 2.45) is 0 Å². The molecule has 0 aliphatic rings. The summed E-state index contributed by atoms with van der Waals surface area (Å²) in [6.07, 6.45) is 0. The van der Waals surface area contributed by atoms with Crippen molar-refractivity contribution in [3.05, 3.63) is 117 Å². The molecule has 0 atom stereocenters. The molecular formula is C32H36B2Cl2N2O3. The summed E-state index contributed by atoms with van der Waals surface area (Å²) >= 11 is 12.2. The number of ether oxygens (including phenoxy) is 1. The van der Waals surface area contributed by atoms with Gasteiger partial charge in [-0.15, -0.1) is 0 Å². The number of rotatable bonds is 16. The lowest BCUT2D eigenvalue weighted by Gasteiger charge is -2.12. The van der Waals surface area contributed by atoms with Gasteiger partial charge in [-0.05, 0) is 78.0 Å². The Morgan fingerprint density at radius 2 is 1.29 bits per heavy atom.